The minimum atomic E-state index is -3.81. The van der Waals surface area contributed by atoms with Crippen LogP contribution in [-0.2, 0) is 15.7 Å². The summed E-state index contributed by atoms with van der Waals surface area (Å²) in [5.74, 6) is -4.48. The Morgan fingerprint density at radius 2 is 1.70 bits per heavy atom. The molecule has 1 saturated heterocycles. The Morgan fingerprint density at radius 1 is 1.02 bits per heavy atom. The predicted molar refractivity (Wildman–Crippen MR) is 156 cm³/mol. The SMILES string of the molecule is Cc1cc(NC(=O)c2ccc(NS(=O)(=O)CCO)cc2N2CCC3(CC2)CC3)c(=O)n2c1C(=O)NC21CCC(F)(F)CC1. The second kappa shape index (κ2) is 10.3. The van der Waals surface area contributed by atoms with Gasteiger partial charge in [0.05, 0.1) is 29.3 Å². The molecule has 2 aliphatic carbocycles. The maximum atomic E-state index is 14.0. The van der Waals surface area contributed by atoms with Crippen molar-refractivity contribution >= 4 is 38.9 Å². The third-order valence-electron chi connectivity index (χ3n) is 9.44. The van der Waals surface area contributed by atoms with E-state index in [0.717, 1.165) is 12.8 Å². The van der Waals surface area contributed by atoms with E-state index in [9.17, 15) is 31.6 Å². The van der Waals surface area contributed by atoms with E-state index in [1.807, 2.05) is 4.90 Å². The third kappa shape index (κ3) is 5.50. The zero-order valence-corrected chi connectivity index (χ0v) is 24.7. The van der Waals surface area contributed by atoms with E-state index in [-0.39, 0.29) is 35.5 Å². The van der Waals surface area contributed by atoms with Gasteiger partial charge in [0.25, 0.3) is 17.4 Å². The number of aryl methyl sites for hydroxylation is 1. The largest absolute Gasteiger partial charge is 0.395 e. The number of aromatic nitrogens is 1. The summed E-state index contributed by atoms with van der Waals surface area (Å²) >= 11 is 0. The predicted octanol–water partition coefficient (Wildman–Crippen LogP) is 3.13. The topological polar surface area (TPSA) is 150 Å². The molecule has 2 aromatic rings. The highest BCUT2D eigenvalue weighted by Gasteiger charge is 2.51. The number of nitrogens with one attached hydrogen (secondary N) is 3. The minimum absolute atomic E-state index is 0.0892. The second-order valence-corrected chi connectivity index (χ2v) is 14.2. The minimum Gasteiger partial charge on any atom is -0.395 e. The molecule has 1 aromatic heterocycles. The molecule has 43 heavy (non-hydrogen) atoms. The van der Waals surface area contributed by atoms with Gasteiger partial charge in [0.2, 0.25) is 15.9 Å². The molecule has 2 spiro atoms. The van der Waals surface area contributed by atoms with Crippen LogP contribution in [0.1, 0.15) is 77.8 Å². The number of aliphatic hydroxyl groups excluding tert-OH is 1. The van der Waals surface area contributed by atoms with E-state index in [2.05, 4.69) is 15.4 Å². The fourth-order valence-electron chi connectivity index (χ4n) is 6.72. The summed E-state index contributed by atoms with van der Waals surface area (Å²) in [6.45, 7) is 2.43. The van der Waals surface area contributed by atoms with Crippen molar-refractivity contribution in [1.29, 1.82) is 0 Å². The van der Waals surface area contributed by atoms with Gasteiger partial charge in [0, 0.05) is 25.9 Å². The smallest absolute Gasteiger partial charge is 0.276 e. The van der Waals surface area contributed by atoms with Gasteiger partial charge in [0.1, 0.15) is 17.0 Å². The molecule has 3 heterocycles. The van der Waals surface area contributed by atoms with Gasteiger partial charge in [-0.3, -0.25) is 23.7 Å². The quantitative estimate of drug-likeness (QED) is 0.372. The lowest BCUT2D eigenvalue weighted by molar-refractivity contribution is -0.0667. The van der Waals surface area contributed by atoms with Crippen LogP contribution >= 0.6 is 0 Å². The van der Waals surface area contributed by atoms with Crippen LogP contribution in [0.4, 0.5) is 25.8 Å². The number of amides is 2. The molecule has 0 atom stereocenters. The first-order valence-corrected chi connectivity index (χ1v) is 16.2. The summed E-state index contributed by atoms with van der Waals surface area (Å²) in [5, 5.41) is 14.6. The molecular weight excluding hydrogens is 584 g/mol. The first-order valence-electron chi connectivity index (χ1n) is 14.6. The number of alkyl halides is 2. The van der Waals surface area contributed by atoms with Crippen molar-refractivity contribution in [2.24, 2.45) is 5.41 Å². The number of carbonyl (C=O) groups is 2. The van der Waals surface area contributed by atoms with E-state index in [4.69, 9.17) is 5.11 Å². The first kappa shape index (κ1) is 29.5. The summed E-state index contributed by atoms with van der Waals surface area (Å²) in [6, 6.07) is 5.92. The fourth-order valence-corrected chi connectivity index (χ4v) is 7.54. The van der Waals surface area contributed by atoms with Gasteiger partial charge in [-0.2, -0.15) is 0 Å². The van der Waals surface area contributed by atoms with Crippen LogP contribution in [0.5, 0.6) is 0 Å². The Hall–Kier alpha value is -3.52. The molecule has 6 rings (SSSR count). The first-order chi connectivity index (χ1) is 20.3. The lowest BCUT2D eigenvalue weighted by atomic mass is 9.86. The molecule has 2 aliphatic heterocycles. The highest BCUT2D eigenvalue weighted by molar-refractivity contribution is 7.92. The van der Waals surface area contributed by atoms with Gasteiger partial charge in [0.15, 0.2) is 0 Å². The summed E-state index contributed by atoms with van der Waals surface area (Å²) in [6.07, 6.45) is 3.03. The number of halogens is 2. The zero-order valence-electron chi connectivity index (χ0n) is 23.8. The summed E-state index contributed by atoms with van der Waals surface area (Å²) in [7, 11) is -3.81. The standard InChI is InChI=1S/C29H35F2N5O6S/c1-18-16-21(26(40)36-23(18)25(39)33-29(36)8-6-28(30,31)7-9-29)32-24(38)20-3-2-19(34-43(41,42)15-14-37)17-22(20)35-12-10-27(4-5-27)11-13-35/h2-3,16-17,34,37H,4-15H2,1H3,(H,32,38)(H,33,39). The average Bonchev–Trinajstić information content (AvgIpc) is 3.62. The van der Waals surface area contributed by atoms with Crippen molar-refractivity contribution in [3.63, 3.8) is 0 Å². The number of pyridine rings is 1. The number of hydrogen-bond acceptors (Lipinski definition) is 7. The van der Waals surface area contributed by atoms with Gasteiger partial charge in [-0.1, -0.05) is 0 Å². The summed E-state index contributed by atoms with van der Waals surface area (Å²) in [5.41, 5.74) is -0.228. The number of piperidine rings is 1. The Labute approximate surface area is 247 Å². The lowest BCUT2D eigenvalue weighted by Gasteiger charge is -2.38. The summed E-state index contributed by atoms with van der Waals surface area (Å²) < 4.78 is 56.3. The number of sulfonamides is 1. The van der Waals surface area contributed by atoms with Crippen LogP contribution in [0, 0.1) is 12.3 Å². The van der Waals surface area contributed by atoms with Crippen molar-refractivity contribution in [3.8, 4) is 0 Å². The van der Waals surface area contributed by atoms with Gasteiger partial charge < -0.3 is 20.6 Å². The third-order valence-corrected chi connectivity index (χ3v) is 10.7. The number of anilines is 3. The molecule has 0 bridgehead atoms. The Bertz CT molecular complexity index is 1650. The highest BCUT2D eigenvalue weighted by Crippen LogP contribution is 2.54. The fraction of sp³-hybridized carbons (Fsp3) is 0.552. The number of fused-ring (bicyclic) bond motifs is 2. The van der Waals surface area contributed by atoms with Crippen molar-refractivity contribution in [1.82, 2.24) is 9.88 Å². The van der Waals surface area contributed by atoms with Crippen LogP contribution in [-0.4, -0.2) is 61.3 Å². The van der Waals surface area contributed by atoms with Crippen LogP contribution in [0.3, 0.4) is 0 Å². The van der Waals surface area contributed by atoms with Crippen LogP contribution in [0.15, 0.2) is 29.1 Å². The zero-order chi connectivity index (χ0) is 30.8. The molecule has 0 radical (unpaired) electrons. The molecule has 232 valence electrons. The average molecular weight is 620 g/mol. The van der Waals surface area contributed by atoms with Crippen molar-refractivity contribution < 1.29 is 31.9 Å². The monoisotopic (exact) mass is 619 g/mol. The normalized spacial score (nSPS) is 21.4. The lowest BCUT2D eigenvalue weighted by Crippen LogP contribution is -2.51. The molecule has 4 N–H and O–H groups in total. The number of benzene rings is 1. The van der Waals surface area contributed by atoms with E-state index < -0.39 is 64.2 Å². The number of nitrogens with zero attached hydrogens (tertiary/aromatic N) is 2. The number of aliphatic hydroxyl groups is 1. The molecule has 14 heteroatoms. The molecular formula is C29H35F2N5O6S. The Morgan fingerprint density at radius 3 is 2.33 bits per heavy atom. The molecule has 2 saturated carbocycles. The maximum absolute atomic E-state index is 14.0. The van der Waals surface area contributed by atoms with Gasteiger partial charge in [-0.25, -0.2) is 17.2 Å². The molecule has 1 aromatic carbocycles. The van der Waals surface area contributed by atoms with Crippen molar-refractivity contribution in [2.45, 2.75) is 69.9 Å². The molecule has 11 nitrogen and oxygen atoms in total. The highest BCUT2D eigenvalue weighted by atomic mass is 32.2. The second-order valence-electron chi connectivity index (χ2n) is 12.4. The van der Waals surface area contributed by atoms with Crippen LogP contribution in [0.25, 0.3) is 0 Å². The van der Waals surface area contributed by atoms with E-state index in [1.54, 1.807) is 13.0 Å². The van der Waals surface area contributed by atoms with Crippen molar-refractivity contribution in [2.75, 3.05) is 40.4 Å². The van der Waals surface area contributed by atoms with E-state index >= 15 is 0 Å². The number of rotatable bonds is 7. The molecule has 3 fully saturated rings. The Kier molecular flexibility index (Phi) is 7.07. The Balaban J connectivity index is 1.33. The number of carbonyl (C=O) groups excluding carboxylic acids is 2. The maximum Gasteiger partial charge on any atom is 0.276 e. The number of hydrogen-bond donors (Lipinski definition) is 4. The van der Waals surface area contributed by atoms with Crippen LogP contribution in [0.2, 0.25) is 0 Å². The molecule has 2 amide bonds. The van der Waals surface area contributed by atoms with Gasteiger partial charge in [-0.05, 0) is 80.7 Å². The molecule has 4 aliphatic rings. The molecule has 0 unspecified atom stereocenters. The van der Waals surface area contributed by atoms with Gasteiger partial charge >= 0.3 is 0 Å². The van der Waals surface area contributed by atoms with E-state index in [0.29, 0.717) is 29.8 Å². The van der Waals surface area contributed by atoms with E-state index in [1.165, 1.54) is 35.6 Å². The van der Waals surface area contributed by atoms with Crippen LogP contribution < -0.4 is 25.8 Å². The summed E-state index contributed by atoms with van der Waals surface area (Å²) in [4.78, 5) is 42.4. The van der Waals surface area contributed by atoms with Crippen molar-refractivity contribution in [3.05, 3.63) is 51.4 Å². The van der Waals surface area contributed by atoms with Gasteiger partial charge in [-0.15, -0.1) is 0 Å².